The van der Waals surface area contributed by atoms with E-state index < -0.39 is 5.97 Å². The van der Waals surface area contributed by atoms with Crippen LogP contribution in [0.15, 0.2) is 42.6 Å². The number of aromatic carboxylic acids is 1. The molecule has 0 aliphatic rings. The van der Waals surface area contributed by atoms with E-state index in [9.17, 15) is 4.79 Å². The summed E-state index contributed by atoms with van der Waals surface area (Å²) in [5, 5.41) is 10.9. The second kappa shape index (κ2) is 5.76. The number of halogens is 3. The molecule has 0 saturated carbocycles. The standard InChI is InChI=1S/C16H8Cl3NO2/c17-9-4-8(5-10(18)6-9)11-2-1-3-12-14(19)13(16(21)22)7-20-15(11)12/h1-7H,(H,21,22). The fraction of sp³-hybridized carbons (Fsp3) is 0. The molecule has 0 bridgehead atoms. The van der Waals surface area contributed by atoms with Gasteiger partial charge >= 0.3 is 5.97 Å². The maximum absolute atomic E-state index is 11.2. The summed E-state index contributed by atoms with van der Waals surface area (Å²) in [5.74, 6) is -1.12. The maximum atomic E-state index is 11.2. The van der Waals surface area contributed by atoms with Crippen LogP contribution in [0.25, 0.3) is 22.0 Å². The molecule has 0 radical (unpaired) electrons. The Morgan fingerprint density at radius 2 is 1.73 bits per heavy atom. The lowest BCUT2D eigenvalue weighted by Gasteiger charge is -2.09. The summed E-state index contributed by atoms with van der Waals surface area (Å²) < 4.78 is 0. The van der Waals surface area contributed by atoms with Crippen molar-refractivity contribution in [2.45, 2.75) is 0 Å². The fourth-order valence-corrected chi connectivity index (χ4v) is 3.09. The van der Waals surface area contributed by atoms with E-state index in [1.54, 1.807) is 30.3 Å². The largest absolute Gasteiger partial charge is 0.478 e. The van der Waals surface area contributed by atoms with Gasteiger partial charge in [-0.2, -0.15) is 0 Å². The number of aromatic nitrogens is 1. The van der Waals surface area contributed by atoms with Crippen LogP contribution in [-0.4, -0.2) is 16.1 Å². The molecular formula is C16H8Cl3NO2. The van der Waals surface area contributed by atoms with Crippen LogP contribution in [0, 0.1) is 0 Å². The molecule has 0 unspecified atom stereocenters. The smallest absolute Gasteiger partial charge is 0.338 e. The molecule has 22 heavy (non-hydrogen) atoms. The van der Waals surface area contributed by atoms with E-state index in [-0.39, 0.29) is 10.6 Å². The van der Waals surface area contributed by atoms with Crippen molar-refractivity contribution in [3.8, 4) is 11.1 Å². The number of hydrogen-bond acceptors (Lipinski definition) is 2. The van der Waals surface area contributed by atoms with Crippen LogP contribution in [0.1, 0.15) is 10.4 Å². The molecule has 3 nitrogen and oxygen atoms in total. The predicted molar refractivity (Wildman–Crippen MR) is 89.2 cm³/mol. The van der Waals surface area contributed by atoms with E-state index in [0.29, 0.717) is 20.9 Å². The van der Waals surface area contributed by atoms with Gasteiger partial charge in [0, 0.05) is 27.2 Å². The van der Waals surface area contributed by atoms with Gasteiger partial charge in [0.25, 0.3) is 0 Å². The minimum Gasteiger partial charge on any atom is -0.478 e. The molecule has 3 aromatic rings. The summed E-state index contributed by atoms with van der Waals surface area (Å²) in [7, 11) is 0. The zero-order chi connectivity index (χ0) is 15.9. The third kappa shape index (κ3) is 2.63. The Balaban J connectivity index is 2.32. The van der Waals surface area contributed by atoms with Crippen molar-refractivity contribution in [1.82, 2.24) is 4.98 Å². The van der Waals surface area contributed by atoms with Crippen LogP contribution >= 0.6 is 34.8 Å². The van der Waals surface area contributed by atoms with Crippen molar-refractivity contribution in [3.63, 3.8) is 0 Å². The molecule has 2 aromatic carbocycles. The third-order valence-electron chi connectivity index (χ3n) is 3.24. The van der Waals surface area contributed by atoms with Gasteiger partial charge in [0.1, 0.15) is 0 Å². The molecule has 6 heteroatoms. The molecule has 3 rings (SSSR count). The summed E-state index contributed by atoms with van der Waals surface area (Å²) in [6.45, 7) is 0. The quantitative estimate of drug-likeness (QED) is 0.657. The predicted octanol–water partition coefficient (Wildman–Crippen LogP) is 5.56. The number of carboxylic acid groups (broad SMARTS) is 1. The number of benzene rings is 2. The highest BCUT2D eigenvalue weighted by atomic mass is 35.5. The lowest BCUT2D eigenvalue weighted by Crippen LogP contribution is -1.99. The topological polar surface area (TPSA) is 50.2 Å². The zero-order valence-electron chi connectivity index (χ0n) is 11.0. The first kappa shape index (κ1) is 15.1. The van der Waals surface area contributed by atoms with Crippen LogP contribution < -0.4 is 0 Å². The second-order valence-corrected chi connectivity index (χ2v) is 5.90. The SMILES string of the molecule is O=C(O)c1cnc2c(-c3cc(Cl)cc(Cl)c3)cccc2c1Cl. The lowest BCUT2D eigenvalue weighted by molar-refractivity contribution is 0.0697. The summed E-state index contributed by atoms with van der Waals surface area (Å²) in [6.07, 6.45) is 1.25. The molecule has 0 amide bonds. The van der Waals surface area contributed by atoms with Crippen molar-refractivity contribution in [2.24, 2.45) is 0 Å². The number of pyridine rings is 1. The molecule has 1 N–H and O–H groups in total. The Morgan fingerprint density at radius 3 is 2.36 bits per heavy atom. The second-order valence-electron chi connectivity index (χ2n) is 4.65. The van der Waals surface area contributed by atoms with Gasteiger partial charge in [-0.05, 0) is 23.8 Å². The maximum Gasteiger partial charge on any atom is 0.338 e. The Morgan fingerprint density at radius 1 is 1.05 bits per heavy atom. The van der Waals surface area contributed by atoms with E-state index in [1.165, 1.54) is 6.20 Å². The van der Waals surface area contributed by atoms with Crippen LogP contribution in [-0.2, 0) is 0 Å². The minimum absolute atomic E-state index is 0.0320. The Bertz CT molecular complexity index is 889. The fourth-order valence-electron chi connectivity index (χ4n) is 2.28. The number of para-hydroxylation sites is 1. The van der Waals surface area contributed by atoms with Gasteiger partial charge in [-0.15, -0.1) is 0 Å². The highest BCUT2D eigenvalue weighted by Crippen LogP contribution is 2.34. The third-order valence-corrected chi connectivity index (χ3v) is 4.08. The minimum atomic E-state index is -1.12. The van der Waals surface area contributed by atoms with Crippen LogP contribution in [0.4, 0.5) is 0 Å². The molecule has 1 heterocycles. The molecule has 1 aromatic heterocycles. The van der Waals surface area contributed by atoms with Crippen molar-refractivity contribution >= 4 is 51.7 Å². The first-order chi connectivity index (χ1) is 10.5. The molecule has 0 aliphatic carbocycles. The molecular weight excluding hydrogens is 345 g/mol. The van der Waals surface area contributed by atoms with E-state index >= 15 is 0 Å². The number of hydrogen-bond donors (Lipinski definition) is 1. The zero-order valence-corrected chi connectivity index (χ0v) is 13.2. The Labute approximate surface area is 141 Å². The Hall–Kier alpha value is -1.81. The summed E-state index contributed by atoms with van der Waals surface area (Å²) in [5.41, 5.74) is 2.13. The van der Waals surface area contributed by atoms with Gasteiger partial charge in [-0.25, -0.2) is 4.79 Å². The monoisotopic (exact) mass is 351 g/mol. The van der Waals surface area contributed by atoms with E-state index in [0.717, 1.165) is 11.1 Å². The van der Waals surface area contributed by atoms with E-state index in [2.05, 4.69) is 4.98 Å². The molecule has 0 saturated heterocycles. The Kier molecular flexibility index (Phi) is 3.96. The van der Waals surface area contributed by atoms with E-state index in [1.807, 2.05) is 6.07 Å². The first-order valence-corrected chi connectivity index (χ1v) is 7.38. The highest BCUT2D eigenvalue weighted by molar-refractivity contribution is 6.38. The molecule has 0 atom stereocenters. The molecule has 110 valence electrons. The average molecular weight is 353 g/mol. The summed E-state index contributed by atoms with van der Waals surface area (Å²) in [6, 6.07) is 10.5. The van der Waals surface area contributed by atoms with Gasteiger partial charge < -0.3 is 5.11 Å². The van der Waals surface area contributed by atoms with Crippen molar-refractivity contribution < 1.29 is 9.90 Å². The number of carbonyl (C=O) groups is 1. The van der Waals surface area contributed by atoms with Crippen LogP contribution in [0.5, 0.6) is 0 Å². The summed E-state index contributed by atoms with van der Waals surface area (Å²) in [4.78, 5) is 15.4. The average Bonchev–Trinajstić information content (AvgIpc) is 2.45. The van der Waals surface area contributed by atoms with Crippen molar-refractivity contribution in [1.29, 1.82) is 0 Å². The normalized spacial score (nSPS) is 10.9. The van der Waals surface area contributed by atoms with Crippen molar-refractivity contribution in [3.05, 3.63) is 63.2 Å². The van der Waals surface area contributed by atoms with E-state index in [4.69, 9.17) is 39.9 Å². The van der Waals surface area contributed by atoms with Gasteiger partial charge in [0.2, 0.25) is 0 Å². The number of nitrogens with zero attached hydrogens (tertiary/aromatic N) is 1. The van der Waals surface area contributed by atoms with Gasteiger partial charge in [0.05, 0.1) is 16.1 Å². The van der Waals surface area contributed by atoms with Gasteiger partial charge in [0.15, 0.2) is 0 Å². The van der Waals surface area contributed by atoms with Gasteiger partial charge in [-0.3, -0.25) is 4.98 Å². The van der Waals surface area contributed by atoms with Crippen LogP contribution in [0.2, 0.25) is 15.1 Å². The van der Waals surface area contributed by atoms with Crippen LogP contribution in [0.3, 0.4) is 0 Å². The number of rotatable bonds is 2. The molecule has 0 fully saturated rings. The molecule has 0 aliphatic heterocycles. The number of fused-ring (bicyclic) bond motifs is 1. The highest BCUT2D eigenvalue weighted by Gasteiger charge is 2.15. The molecule has 0 spiro atoms. The first-order valence-electron chi connectivity index (χ1n) is 6.24. The van der Waals surface area contributed by atoms with Crippen molar-refractivity contribution in [2.75, 3.05) is 0 Å². The summed E-state index contributed by atoms with van der Waals surface area (Å²) >= 11 is 18.3. The lowest BCUT2D eigenvalue weighted by atomic mass is 10.0. The number of carboxylic acids is 1. The van der Waals surface area contributed by atoms with Gasteiger partial charge in [-0.1, -0.05) is 53.0 Å².